The molecule has 0 aliphatic carbocycles. The van der Waals surface area contributed by atoms with E-state index in [1.807, 2.05) is 0 Å². The Hall–Kier alpha value is -1.96. The Labute approximate surface area is 94.8 Å². The van der Waals surface area contributed by atoms with Crippen molar-refractivity contribution >= 4 is 5.97 Å². The number of esters is 1. The molecule has 0 unspecified atom stereocenters. The number of hydrogen-bond acceptors (Lipinski definition) is 5. The van der Waals surface area contributed by atoms with E-state index < -0.39 is 23.0 Å². The van der Waals surface area contributed by atoms with Crippen molar-refractivity contribution in [2.24, 2.45) is 0 Å². The highest BCUT2D eigenvalue weighted by molar-refractivity contribution is 5.65. The third kappa shape index (κ3) is 4.19. The minimum absolute atomic E-state index is 0.0376. The Morgan fingerprint density at radius 3 is 2.82 bits per heavy atom. The minimum Gasteiger partial charge on any atom is -0.463 e. The number of rotatable bonds is 5. The Bertz CT molecular complexity index is 507. The van der Waals surface area contributed by atoms with Crippen LogP contribution in [0.5, 0.6) is 0 Å². The fourth-order valence-electron chi connectivity index (χ4n) is 0.986. The molecule has 1 aromatic heterocycles. The number of ether oxygens (including phenoxy) is 2. The van der Waals surface area contributed by atoms with Crippen molar-refractivity contribution < 1.29 is 18.7 Å². The molecule has 0 saturated carbocycles. The number of nitrogens with one attached hydrogen (secondary N) is 1. The van der Waals surface area contributed by atoms with Gasteiger partial charge in [-0.15, -0.1) is 0 Å². The lowest BCUT2D eigenvalue weighted by molar-refractivity contribution is -0.142. The number of H-pyrrole nitrogens is 1. The molecule has 1 aromatic rings. The van der Waals surface area contributed by atoms with Gasteiger partial charge in [-0.25, -0.2) is 4.79 Å². The van der Waals surface area contributed by atoms with Crippen molar-refractivity contribution in [2.75, 3.05) is 13.2 Å². The van der Waals surface area contributed by atoms with Gasteiger partial charge in [0.05, 0.1) is 12.8 Å². The topological polar surface area (TPSA) is 90.4 Å². The van der Waals surface area contributed by atoms with Crippen LogP contribution in [0.4, 0.5) is 4.39 Å². The maximum Gasteiger partial charge on any atom is 0.330 e. The van der Waals surface area contributed by atoms with E-state index in [4.69, 9.17) is 4.74 Å². The van der Waals surface area contributed by atoms with E-state index in [1.54, 1.807) is 4.98 Å². The zero-order chi connectivity index (χ0) is 12.8. The molecule has 0 bridgehead atoms. The lowest BCUT2D eigenvalue weighted by Crippen LogP contribution is -2.32. The summed E-state index contributed by atoms with van der Waals surface area (Å²) in [4.78, 5) is 34.0. The van der Waals surface area contributed by atoms with Crippen molar-refractivity contribution in [3.8, 4) is 0 Å². The molecular formula is C9H11FN2O5. The minimum atomic E-state index is -1.08. The maximum absolute atomic E-state index is 12.8. The number of hydrogen-bond donors (Lipinski definition) is 1. The Balaban J connectivity index is 2.47. The van der Waals surface area contributed by atoms with Gasteiger partial charge >= 0.3 is 11.7 Å². The zero-order valence-corrected chi connectivity index (χ0v) is 9.07. The predicted molar refractivity (Wildman–Crippen MR) is 53.9 cm³/mol. The molecule has 0 radical (unpaired) electrons. The largest absolute Gasteiger partial charge is 0.463 e. The molecule has 0 atom stereocenters. The zero-order valence-electron chi connectivity index (χ0n) is 9.07. The number of aromatic nitrogens is 2. The molecule has 0 amide bonds. The van der Waals surface area contributed by atoms with Gasteiger partial charge in [0.25, 0.3) is 5.56 Å². The van der Waals surface area contributed by atoms with Crippen LogP contribution < -0.4 is 11.2 Å². The van der Waals surface area contributed by atoms with Gasteiger partial charge in [-0.3, -0.25) is 19.1 Å². The molecule has 0 aliphatic heterocycles. The van der Waals surface area contributed by atoms with Crippen LogP contribution in [-0.4, -0.2) is 28.7 Å². The van der Waals surface area contributed by atoms with Crippen LogP contribution in [0.1, 0.15) is 6.92 Å². The highest BCUT2D eigenvalue weighted by Gasteiger charge is 2.03. The number of nitrogens with zero attached hydrogens (tertiary/aromatic N) is 1. The van der Waals surface area contributed by atoms with Gasteiger partial charge in [-0.2, -0.15) is 4.39 Å². The van der Waals surface area contributed by atoms with E-state index >= 15 is 0 Å². The van der Waals surface area contributed by atoms with E-state index in [2.05, 4.69) is 4.74 Å². The Morgan fingerprint density at radius 2 is 2.18 bits per heavy atom. The highest BCUT2D eigenvalue weighted by atomic mass is 19.1. The molecule has 8 heteroatoms. The quantitative estimate of drug-likeness (QED) is 0.543. The maximum atomic E-state index is 12.8. The Morgan fingerprint density at radius 1 is 1.47 bits per heavy atom. The molecule has 0 spiro atoms. The van der Waals surface area contributed by atoms with E-state index in [0.29, 0.717) is 0 Å². The first-order valence-corrected chi connectivity index (χ1v) is 4.71. The summed E-state index contributed by atoms with van der Waals surface area (Å²) in [6.45, 7) is 1.11. The summed E-state index contributed by atoms with van der Waals surface area (Å²) in [5.41, 5.74) is -1.85. The predicted octanol–water partition coefficient (Wildman–Crippen LogP) is -0.787. The van der Waals surface area contributed by atoms with Crippen LogP contribution in [0.25, 0.3) is 0 Å². The summed E-state index contributed by atoms with van der Waals surface area (Å²) < 4.78 is 23.2. The van der Waals surface area contributed by atoms with Crippen LogP contribution in [0.2, 0.25) is 0 Å². The molecule has 0 saturated heterocycles. The average Bonchev–Trinajstić information content (AvgIpc) is 2.24. The fraction of sp³-hybridized carbons (Fsp3) is 0.444. The summed E-state index contributed by atoms with van der Waals surface area (Å²) in [5, 5.41) is 0. The van der Waals surface area contributed by atoms with Crippen LogP contribution in [0.3, 0.4) is 0 Å². The van der Waals surface area contributed by atoms with Gasteiger partial charge in [0.15, 0.2) is 0 Å². The molecule has 0 aromatic carbocycles. The molecule has 1 N–H and O–H groups in total. The smallest absolute Gasteiger partial charge is 0.330 e. The van der Waals surface area contributed by atoms with Crippen molar-refractivity contribution in [1.29, 1.82) is 0 Å². The van der Waals surface area contributed by atoms with Gasteiger partial charge in [0.1, 0.15) is 13.3 Å². The van der Waals surface area contributed by atoms with Crippen molar-refractivity contribution in [1.82, 2.24) is 9.55 Å². The summed E-state index contributed by atoms with van der Waals surface area (Å²) in [6, 6.07) is 0. The number of halogens is 1. The summed E-state index contributed by atoms with van der Waals surface area (Å²) in [7, 11) is 0. The molecule has 94 valence electrons. The third-order valence-electron chi connectivity index (χ3n) is 1.73. The normalized spacial score (nSPS) is 10.2. The monoisotopic (exact) mass is 246 g/mol. The second-order valence-corrected chi connectivity index (χ2v) is 3.08. The standard InChI is InChI=1S/C9H11FN2O5/c1-6(13)17-3-2-16-5-12-4-7(10)8(14)11-9(12)15/h4H,2-3,5H2,1H3,(H,11,14,15). The van der Waals surface area contributed by atoms with E-state index in [1.165, 1.54) is 6.92 Å². The lowest BCUT2D eigenvalue weighted by Gasteiger charge is -2.06. The van der Waals surface area contributed by atoms with E-state index in [0.717, 1.165) is 10.8 Å². The van der Waals surface area contributed by atoms with E-state index in [-0.39, 0.29) is 19.9 Å². The lowest BCUT2D eigenvalue weighted by atomic mass is 10.6. The van der Waals surface area contributed by atoms with E-state index in [9.17, 15) is 18.8 Å². The highest BCUT2D eigenvalue weighted by Crippen LogP contribution is 1.86. The molecule has 7 nitrogen and oxygen atoms in total. The van der Waals surface area contributed by atoms with Gasteiger partial charge in [0.2, 0.25) is 5.82 Å². The van der Waals surface area contributed by atoms with Crippen molar-refractivity contribution in [3.05, 3.63) is 32.9 Å². The number of carbonyl (C=O) groups excluding carboxylic acids is 1. The molecular weight excluding hydrogens is 235 g/mol. The second kappa shape index (κ2) is 5.94. The van der Waals surface area contributed by atoms with Gasteiger partial charge in [0, 0.05) is 6.92 Å². The van der Waals surface area contributed by atoms with Crippen LogP contribution >= 0.6 is 0 Å². The molecule has 17 heavy (non-hydrogen) atoms. The Kier molecular flexibility index (Phi) is 4.58. The first-order chi connectivity index (χ1) is 8.00. The average molecular weight is 246 g/mol. The second-order valence-electron chi connectivity index (χ2n) is 3.08. The molecule has 1 heterocycles. The third-order valence-corrected chi connectivity index (χ3v) is 1.73. The molecule has 1 rings (SSSR count). The van der Waals surface area contributed by atoms with Crippen molar-refractivity contribution in [3.63, 3.8) is 0 Å². The van der Waals surface area contributed by atoms with Crippen LogP contribution in [-0.2, 0) is 21.0 Å². The molecule has 0 fully saturated rings. The van der Waals surface area contributed by atoms with Gasteiger partial charge < -0.3 is 9.47 Å². The number of carbonyl (C=O) groups is 1. The summed E-state index contributed by atoms with van der Waals surface area (Å²) >= 11 is 0. The van der Waals surface area contributed by atoms with Gasteiger partial charge in [-0.05, 0) is 0 Å². The summed E-state index contributed by atoms with van der Waals surface area (Å²) in [6.07, 6.45) is 0.743. The van der Waals surface area contributed by atoms with Gasteiger partial charge in [-0.1, -0.05) is 0 Å². The first kappa shape index (κ1) is 13.1. The van der Waals surface area contributed by atoms with Crippen LogP contribution in [0.15, 0.2) is 15.8 Å². The summed E-state index contributed by atoms with van der Waals surface area (Å²) in [5.74, 6) is -1.52. The van der Waals surface area contributed by atoms with Crippen molar-refractivity contribution in [2.45, 2.75) is 13.7 Å². The number of aromatic amines is 1. The fourth-order valence-corrected chi connectivity index (χ4v) is 0.986. The molecule has 0 aliphatic rings. The first-order valence-electron chi connectivity index (χ1n) is 4.71. The van der Waals surface area contributed by atoms with Crippen LogP contribution in [0, 0.1) is 5.82 Å². The SMILES string of the molecule is CC(=O)OCCOCn1cc(F)c(=O)[nH]c1=O.